The summed E-state index contributed by atoms with van der Waals surface area (Å²) in [4.78, 5) is 4.34. The molecule has 0 saturated heterocycles. The highest BCUT2D eigenvalue weighted by atomic mass is 79.9. The van der Waals surface area contributed by atoms with Crippen LogP contribution in [0.2, 0.25) is 0 Å². The fourth-order valence-corrected chi connectivity index (χ4v) is 2.39. The molecule has 0 unspecified atom stereocenters. The second-order valence-corrected chi connectivity index (χ2v) is 5.63. The number of ether oxygens (including phenoxy) is 1. The molecule has 2 aromatic rings. The third-order valence-corrected chi connectivity index (χ3v) is 3.30. The number of hydrogen-bond donors (Lipinski definition) is 1. The van der Waals surface area contributed by atoms with Gasteiger partial charge in [0.1, 0.15) is 5.75 Å². The van der Waals surface area contributed by atoms with Crippen molar-refractivity contribution in [3.8, 4) is 5.75 Å². The van der Waals surface area contributed by atoms with Gasteiger partial charge in [0.25, 0.3) is 0 Å². The van der Waals surface area contributed by atoms with Gasteiger partial charge < -0.3 is 14.6 Å². The Morgan fingerprint density at radius 2 is 2.21 bits per heavy atom. The van der Waals surface area contributed by atoms with Crippen molar-refractivity contribution in [2.24, 2.45) is 5.92 Å². The molecule has 0 radical (unpaired) electrons. The van der Waals surface area contributed by atoms with Crippen LogP contribution in [-0.2, 0) is 6.54 Å². The van der Waals surface area contributed by atoms with Crippen molar-refractivity contribution in [3.05, 3.63) is 35.1 Å². The Bertz CT molecular complexity index is 551. The molecule has 19 heavy (non-hydrogen) atoms. The molecule has 0 aliphatic carbocycles. The first-order valence-electron chi connectivity index (χ1n) is 6.22. The largest absolute Gasteiger partial charge is 0.496 e. The summed E-state index contributed by atoms with van der Waals surface area (Å²) in [6, 6.07) is 5.87. The maximum Gasteiger partial charge on any atom is 0.207 e. The summed E-state index contributed by atoms with van der Waals surface area (Å²) < 4.78 is 8.25. The summed E-state index contributed by atoms with van der Waals surface area (Å²) in [7, 11) is 1.66. The zero-order valence-corrected chi connectivity index (χ0v) is 12.9. The van der Waals surface area contributed by atoms with Crippen LogP contribution in [0.15, 0.2) is 35.1 Å². The lowest BCUT2D eigenvalue weighted by Gasteiger charge is -2.12. The smallest absolute Gasteiger partial charge is 0.207 e. The number of aromatic nitrogens is 2. The van der Waals surface area contributed by atoms with Crippen molar-refractivity contribution in [2.75, 3.05) is 12.4 Å². The molecule has 1 heterocycles. The highest BCUT2D eigenvalue weighted by molar-refractivity contribution is 9.10. The van der Waals surface area contributed by atoms with Gasteiger partial charge in [-0.3, -0.25) is 0 Å². The maximum absolute atomic E-state index is 5.22. The van der Waals surface area contributed by atoms with Gasteiger partial charge in [0.05, 0.1) is 11.6 Å². The number of rotatable bonds is 5. The van der Waals surface area contributed by atoms with Crippen LogP contribution in [0.4, 0.5) is 11.6 Å². The summed E-state index contributed by atoms with van der Waals surface area (Å²) in [6.07, 6.45) is 3.80. The predicted octanol–water partition coefficient (Wildman–Crippen LogP) is 4.05. The van der Waals surface area contributed by atoms with E-state index in [9.17, 15) is 0 Å². The predicted molar refractivity (Wildman–Crippen MR) is 81.0 cm³/mol. The van der Waals surface area contributed by atoms with Gasteiger partial charge in [-0.15, -0.1) is 0 Å². The Morgan fingerprint density at radius 1 is 1.42 bits per heavy atom. The number of halogens is 1. The van der Waals surface area contributed by atoms with E-state index >= 15 is 0 Å². The van der Waals surface area contributed by atoms with Crippen molar-refractivity contribution in [1.29, 1.82) is 0 Å². The third kappa shape index (κ3) is 3.50. The van der Waals surface area contributed by atoms with Gasteiger partial charge in [-0.2, -0.15) is 0 Å². The fourth-order valence-electron chi connectivity index (χ4n) is 1.85. The Morgan fingerprint density at radius 3 is 2.84 bits per heavy atom. The van der Waals surface area contributed by atoms with Gasteiger partial charge in [0.2, 0.25) is 5.95 Å². The number of methoxy groups -OCH3 is 1. The molecule has 1 N–H and O–H groups in total. The molecular formula is C14H18BrN3O. The van der Waals surface area contributed by atoms with Crippen molar-refractivity contribution < 1.29 is 4.74 Å². The first kappa shape index (κ1) is 13.9. The van der Waals surface area contributed by atoms with Gasteiger partial charge >= 0.3 is 0 Å². The lowest BCUT2D eigenvalue weighted by Crippen LogP contribution is -2.07. The summed E-state index contributed by atoms with van der Waals surface area (Å²) in [5, 5.41) is 3.32. The Kier molecular flexibility index (Phi) is 4.47. The molecule has 0 bridgehead atoms. The molecule has 0 aliphatic rings. The average molecular weight is 324 g/mol. The van der Waals surface area contributed by atoms with Crippen LogP contribution in [0.1, 0.15) is 13.8 Å². The van der Waals surface area contributed by atoms with E-state index in [1.807, 2.05) is 30.6 Å². The summed E-state index contributed by atoms with van der Waals surface area (Å²) in [5.74, 6) is 2.25. The molecule has 0 atom stereocenters. The highest BCUT2D eigenvalue weighted by Gasteiger charge is 2.06. The minimum Gasteiger partial charge on any atom is -0.496 e. The van der Waals surface area contributed by atoms with Crippen LogP contribution in [-0.4, -0.2) is 16.7 Å². The number of nitrogens with zero attached hydrogens (tertiary/aromatic N) is 2. The minimum atomic E-state index is 0.581. The molecular weight excluding hydrogens is 306 g/mol. The van der Waals surface area contributed by atoms with Crippen molar-refractivity contribution in [1.82, 2.24) is 9.55 Å². The zero-order valence-electron chi connectivity index (χ0n) is 11.4. The average Bonchev–Trinajstić information content (AvgIpc) is 2.76. The molecule has 0 fully saturated rings. The van der Waals surface area contributed by atoms with Gasteiger partial charge in [-0.1, -0.05) is 13.8 Å². The second kappa shape index (κ2) is 6.10. The van der Waals surface area contributed by atoms with E-state index in [-0.39, 0.29) is 0 Å². The van der Waals surface area contributed by atoms with E-state index in [0.717, 1.165) is 28.4 Å². The quantitative estimate of drug-likeness (QED) is 0.902. The Labute approximate surface area is 121 Å². The van der Waals surface area contributed by atoms with Crippen LogP contribution < -0.4 is 10.1 Å². The zero-order chi connectivity index (χ0) is 13.8. The number of hydrogen-bond acceptors (Lipinski definition) is 3. The van der Waals surface area contributed by atoms with Crippen LogP contribution in [0.5, 0.6) is 5.75 Å². The Hall–Kier alpha value is -1.49. The molecule has 5 heteroatoms. The molecule has 1 aromatic carbocycles. The second-order valence-electron chi connectivity index (χ2n) is 4.77. The molecule has 0 aliphatic heterocycles. The van der Waals surface area contributed by atoms with E-state index in [1.165, 1.54) is 0 Å². The van der Waals surface area contributed by atoms with Crippen molar-refractivity contribution in [2.45, 2.75) is 20.4 Å². The normalized spacial score (nSPS) is 10.8. The van der Waals surface area contributed by atoms with E-state index < -0.39 is 0 Å². The number of nitrogens with one attached hydrogen (secondary N) is 1. The van der Waals surface area contributed by atoms with Gasteiger partial charge in [0, 0.05) is 24.6 Å². The van der Waals surface area contributed by atoms with E-state index in [2.05, 4.69) is 44.6 Å². The van der Waals surface area contributed by atoms with Crippen molar-refractivity contribution in [3.63, 3.8) is 0 Å². The van der Waals surface area contributed by atoms with Gasteiger partial charge in [0.15, 0.2) is 0 Å². The van der Waals surface area contributed by atoms with Crippen LogP contribution in [0.25, 0.3) is 0 Å². The molecule has 0 amide bonds. The summed E-state index contributed by atoms with van der Waals surface area (Å²) in [6.45, 7) is 5.32. The SMILES string of the molecule is COc1ccc(Nc2nccn2CC(C)C)cc1Br. The molecule has 0 saturated carbocycles. The monoisotopic (exact) mass is 323 g/mol. The standard InChI is InChI=1S/C14H18BrN3O/c1-10(2)9-18-7-6-16-14(18)17-11-4-5-13(19-3)12(15)8-11/h4-8,10H,9H2,1-3H3,(H,16,17). The molecule has 102 valence electrons. The fraction of sp³-hybridized carbons (Fsp3) is 0.357. The lowest BCUT2D eigenvalue weighted by atomic mass is 10.2. The van der Waals surface area contributed by atoms with Crippen LogP contribution in [0, 0.1) is 5.92 Å². The number of benzene rings is 1. The molecule has 4 nitrogen and oxygen atoms in total. The summed E-state index contributed by atoms with van der Waals surface area (Å²) >= 11 is 3.48. The number of imidazole rings is 1. The van der Waals surface area contributed by atoms with Crippen molar-refractivity contribution >= 4 is 27.6 Å². The van der Waals surface area contributed by atoms with E-state index in [1.54, 1.807) is 7.11 Å². The third-order valence-electron chi connectivity index (χ3n) is 2.69. The first-order chi connectivity index (χ1) is 9.10. The van der Waals surface area contributed by atoms with E-state index in [4.69, 9.17) is 4.74 Å². The molecule has 1 aromatic heterocycles. The molecule has 2 rings (SSSR count). The highest BCUT2D eigenvalue weighted by Crippen LogP contribution is 2.29. The van der Waals surface area contributed by atoms with Crippen LogP contribution >= 0.6 is 15.9 Å². The summed E-state index contributed by atoms with van der Waals surface area (Å²) in [5.41, 5.74) is 0.976. The molecule has 0 spiro atoms. The van der Waals surface area contributed by atoms with E-state index in [0.29, 0.717) is 5.92 Å². The van der Waals surface area contributed by atoms with Crippen LogP contribution in [0.3, 0.4) is 0 Å². The topological polar surface area (TPSA) is 39.1 Å². The Balaban J connectivity index is 2.17. The minimum absolute atomic E-state index is 0.581. The maximum atomic E-state index is 5.22. The van der Waals surface area contributed by atoms with Gasteiger partial charge in [-0.25, -0.2) is 4.98 Å². The number of anilines is 2. The van der Waals surface area contributed by atoms with Gasteiger partial charge in [-0.05, 0) is 40.0 Å². The lowest BCUT2D eigenvalue weighted by molar-refractivity contribution is 0.412. The first-order valence-corrected chi connectivity index (χ1v) is 7.01.